The fourth-order valence-corrected chi connectivity index (χ4v) is 5.42. The molecule has 2 unspecified atom stereocenters. The largest absolute Gasteiger partial charge is 0.544 e. The summed E-state index contributed by atoms with van der Waals surface area (Å²) in [5.41, 5.74) is 0. The Hall–Kier alpha value is -3.49. The molecule has 0 amide bonds. The molecule has 0 aliphatic rings. The summed E-state index contributed by atoms with van der Waals surface area (Å²) < 4.78 is 17.0. The van der Waals surface area contributed by atoms with Crippen molar-refractivity contribution >= 4 is 17.9 Å². The summed E-state index contributed by atoms with van der Waals surface area (Å²) >= 11 is 0. The lowest BCUT2D eigenvalue weighted by atomic mass is 10.1. The van der Waals surface area contributed by atoms with E-state index >= 15 is 0 Å². The lowest BCUT2D eigenvalue weighted by Gasteiger charge is -2.34. The van der Waals surface area contributed by atoms with Gasteiger partial charge in [0.1, 0.15) is 12.6 Å². The Labute approximate surface area is 329 Å². The van der Waals surface area contributed by atoms with Crippen LogP contribution in [0.4, 0.5) is 0 Å². The summed E-state index contributed by atoms with van der Waals surface area (Å²) in [4.78, 5) is 36.7. The first-order valence-electron chi connectivity index (χ1n) is 20.7. The first-order valence-corrected chi connectivity index (χ1v) is 20.7. The zero-order valence-electron chi connectivity index (χ0n) is 34.6. The van der Waals surface area contributed by atoms with Crippen LogP contribution in [0.2, 0.25) is 0 Å². The Morgan fingerprint density at radius 1 is 0.593 bits per heavy atom. The summed E-state index contributed by atoms with van der Waals surface area (Å²) in [6.07, 6.45) is 46.2. The molecule has 0 aliphatic heterocycles. The molecular formula is C46H75NO7. The summed E-state index contributed by atoms with van der Waals surface area (Å²) in [6, 6.07) is -0.743. The maximum absolute atomic E-state index is 12.6. The maximum Gasteiger partial charge on any atom is 0.306 e. The van der Waals surface area contributed by atoms with Crippen LogP contribution in [0.3, 0.4) is 0 Å². The molecule has 0 aromatic heterocycles. The number of hydrogen-bond acceptors (Lipinski definition) is 7. The number of carbonyl (C=O) groups is 3. The first kappa shape index (κ1) is 50.5. The van der Waals surface area contributed by atoms with Crippen LogP contribution in [0.1, 0.15) is 136 Å². The summed E-state index contributed by atoms with van der Waals surface area (Å²) in [6.45, 7) is 4.38. The second-order valence-corrected chi connectivity index (χ2v) is 14.6. The smallest absolute Gasteiger partial charge is 0.306 e. The number of carbonyl (C=O) groups excluding carboxylic acids is 3. The molecule has 0 N–H and O–H groups in total. The fraction of sp³-hybridized carbons (Fsp3) is 0.630. The van der Waals surface area contributed by atoms with E-state index in [-0.39, 0.29) is 43.1 Å². The molecule has 0 saturated carbocycles. The molecule has 8 heteroatoms. The molecule has 0 bridgehead atoms. The number of allylic oxidation sites excluding steroid dienone is 14. The van der Waals surface area contributed by atoms with Gasteiger partial charge in [-0.2, -0.15) is 0 Å². The van der Waals surface area contributed by atoms with E-state index in [0.717, 1.165) is 38.5 Å². The number of carboxylic acid groups (broad SMARTS) is 1. The van der Waals surface area contributed by atoms with Crippen molar-refractivity contribution in [1.82, 2.24) is 0 Å². The zero-order valence-corrected chi connectivity index (χ0v) is 34.6. The lowest BCUT2D eigenvalue weighted by molar-refractivity contribution is -0.889. The highest BCUT2D eigenvalue weighted by Gasteiger charge is 2.25. The molecule has 0 aromatic carbocycles. The predicted octanol–water partition coefficient (Wildman–Crippen LogP) is 9.63. The third kappa shape index (κ3) is 34.3. The molecule has 0 fully saturated rings. The number of quaternary nitrogens is 1. The molecule has 0 rings (SSSR count). The van der Waals surface area contributed by atoms with Crippen molar-refractivity contribution < 1.29 is 38.2 Å². The highest BCUT2D eigenvalue weighted by molar-refractivity contribution is 5.70. The molecule has 306 valence electrons. The van der Waals surface area contributed by atoms with Crippen molar-refractivity contribution in [2.24, 2.45) is 0 Å². The topological polar surface area (TPSA) is 102 Å². The molecule has 2 atom stereocenters. The van der Waals surface area contributed by atoms with Crippen molar-refractivity contribution in [3.05, 3.63) is 85.1 Å². The number of aliphatic carboxylic acids is 1. The van der Waals surface area contributed by atoms with E-state index in [1.165, 1.54) is 51.4 Å². The van der Waals surface area contributed by atoms with Crippen LogP contribution in [0.5, 0.6) is 0 Å². The van der Waals surface area contributed by atoms with Gasteiger partial charge in [-0.3, -0.25) is 9.59 Å². The number of likely N-dealkylation sites (N-methyl/N-ethyl adjacent to an activating group) is 1. The normalized spacial score (nSPS) is 13.9. The van der Waals surface area contributed by atoms with Gasteiger partial charge in [0.05, 0.1) is 40.3 Å². The molecule has 0 aliphatic carbocycles. The monoisotopic (exact) mass is 754 g/mol. The Morgan fingerprint density at radius 2 is 1.13 bits per heavy atom. The lowest BCUT2D eigenvalue weighted by Crippen LogP contribution is -2.55. The molecule has 0 saturated heterocycles. The summed E-state index contributed by atoms with van der Waals surface area (Å²) in [5, 5.41) is 11.6. The molecular weight excluding hydrogens is 679 g/mol. The second-order valence-electron chi connectivity index (χ2n) is 14.6. The van der Waals surface area contributed by atoms with Gasteiger partial charge in [-0.1, -0.05) is 144 Å². The van der Waals surface area contributed by atoms with E-state index < -0.39 is 24.1 Å². The van der Waals surface area contributed by atoms with Gasteiger partial charge in [-0.15, -0.1) is 0 Å². The quantitative estimate of drug-likeness (QED) is 0.0209. The van der Waals surface area contributed by atoms with Crippen LogP contribution >= 0.6 is 0 Å². The average molecular weight is 754 g/mol. The van der Waals surface area contributed by atoms with Crippen LogP contribution in [0.25, 0.3) is 0 Å². The predicted molar refractivity (Wildman–Crippen MR) is 222 cm³/mol. The van der Waals surface area contributed by atoms with Crippen LogP contribution in [-0.4, -0.2) is 75.5 Å². The van der Waals surface area contributed by atoms with E-state index in [9.17, 15) is 19.5 Å². The molecule has 54 heavy (non-hydrogen) atoms. The third-order valence-electron chi connectivity index (χ3n) is 8.64. The molecule has 0 spiro atoms. The van der Waals surface area contributed by atoms with Crippen molar-refractivity contribution in [2.45, 2.75) is 148 Å². The standard InChI is InChI=1S/C46H75NO7/c1-6-8-10-12-14-16-18-20-21-22-23-25-26-28-30-32-34-36-44(48)53-41-42(40-52-39-38-43(46(50)51)47(3,4)5)54-45(49)37-35-33-31-29-27-24-19-17-15-13-11-9-7-2/h9,11,13-17,19-21,24,27,29,31,42-43H,6-8,10,12,18,22-23,25-26,28,30,32-41H2,1-5H3/b11-9+,15-13+,16-14+,19-17+,21-20+,27-24+,31-29+. The third-order valence-corrected chi connectivity index (χ3v) is 8.64. The summed E-state index contributed by atoms with van der Waals surface area (Å²) in [5.74, 6) is -1.86. The number of nitrogens with zero attached hydrogens (tertiary/aromatic N) is 1. The molecule has 8 nitrogen and oxygen atoms in total. The van der Waals surface area contributed by atoms with Crippen molar-refractivity contribution in [2.75, 3.05) is 41.0 Å². The summed E-state index contributed by atoms with van der Waals surface area (Å²) in [7, 11) is 5.36. The SMILES string of the molecule is CC/C=C/C=C/C=C/C=C/C=C/CCCC(=O)OC(COCCC(C(=O)[O-])[N+](C)(C)C)COC(=O)CCCCCCCCC/C=C/C/C=C/CCCCC. The van der Waals surface area contributed by atoms with E-state index in [1.807, 2.05) is 54.7 Å². The number of esters is 2. The van der Waals surface area contributed by atoms with E-state index in [4.69, 9.17) is 14.2 Å². The molecule has 0 aromatic rings. The fourth-order valence-electron chi connectivity index (χ4n) is 5.42. The van der Waals surface area contributed by atoms with Gasteiger partial charge in [0, 0.05) is 19.3 Å². The maximum atomic E-state index is 12.6. The minimum atomic E-state index is -1.14. The van der Waals surface area contributed by atoms with Gasteiger partial charge in [-0.05, 0) is 57.8 Å². The van der Waals surface area contributed by atoms with Gasteiger partial charge in [0.15, 0.2) is 6.10 Å². The number of rotatable bonds is 35. The van der Waals surface area contributed by atoms with Crippen molar-refractivity contribution in [3.8, 4) is 0 Å². The van der Waals surface area contributed by atoms with E-state index in [2.05, 4.69) is 44.2 Å². The number of unbranched alkanes of at least 4 members (excludes halogenated alkanes) is 11. The zero-order chi connectivity index (χ0) is 40.0. The average Bonchev–Trinajstić information content (AvgIpc) is 3.12. The number of carboxylic acids is 1. The number of hydrogen-bond donors (Lipinski definition) is 0. The van der Waals surface area contributed by atoms with Crippen LogP contribution < -0.4 is 5.11 Å². The minimum Gasteiger partial charge on any atom is -0.544 e. The number of ether oxygens (including phenoxy) is 3. The van der Waals surface area contributed by atoms with Crippen LogP contribution in [0.15, 0.2) is 85.1 Å². The minimum absolute atomic E-state index is 0.00416. The first-order chi connectivity index (χ1) is 26.1. The highest BCUT2D eigenvalue weighted by atomic mass is 16.6. The molecule has 0 heterocycles. The van der Waals surface area contributed by atoms with Crippen LogP contribution in [0, 0.1) is 0 Å². The molecule has 0 radical (unpaired) electrons. The van der Waals surface area contributed by atoms with Gasteiger partial charge < -0.3 is 28.6 Å². The van der Waals surface area contributed by atoms with E-state index in [1.54, 1.807) is 21.1 Å². The Balaban J connectivity index is 4.49. The Kier molecular flexibility index (Phi) is 34.1. The van der Waals surface area contributed by atoms with Gasteiger partial charge >= 0.3 is 11.9 Å². The second kappa shape index (κ2) is 36.5. The Morgan fingerprint density at radius 3 is 1.72 bits per heavy atom. The van der Waals surface area contributed by atoms with Gasteiger partial charge in [0.2, 0.25) is 0 Å². The Bertz CT molecular complexity index is 1160. The van der Waals surface area contributed by atoms with Gasteiger partial charge in [0.25, 0.3) is 0 Å². The van der Waals surface area contributed by atoms with Gasteiger partial charge in [-0.25, -0.2) is 0 Å². The van der Waals surface area contributed by atoms with Crippen molar-refractivity contribution in [3.63, 3.8) is 0 Å². The van der Waals surface area contributed by atoms with Crippen molar-refractivity contribution in [1.29, 1.82) is 0 Å². The highest BCUT2D eigenvalue weighted by Crippen LogP contribution is 2.12. The van der Waals surface area contributed by atoms with Crippen LogP contribution in [-0.2, 0) is 28.6 Å². The van der Waals surface area contributed by atoms with E-state index in [0.29, 0.717) is 19.3 Å².